The van der Waals surface area contributed by atoms with Gasteiger partial charge in [0, 0.05) is 6.54 Å². The van der Waals surface area contributed by atoms with E-state index in [4.69, 9.17) is 5.73 Å². The lowest BCUT2D eigenvalue weighted by Crippen LogP contribution is -2.31. The van der Waals surface area contributed by atoms with Gasteiger partial charge in [-0.25, -0.2) is 0 Å². The molecule has 1 aromatic carbocycles. The third-order valence-electron chi connectivity index (χ3n) is 4.20. The monoisotopic (exact) mass is 244 g/mol. The van der Waals surface area contributed by atoms with Gasteiger partial charge < -0.3 is 10.6 Å². The number of hydrogen-bond donors (Lipinski definition) is 1. The summed E-state index contributed by atoms with van der Waals surface area (Å²) in [6.45, 7) is 3.84. The average Bonchev–Trinajstić information content (AvgIpc) is 2.68. The second-order valence-corrected chi connectivity index (χ2v) is 5.49. The Kier molecular flexibility index (Phi) is 2.86. The van der Waals surface area contributed by atoms with Gasteiger partial charge in [0.25, 0.3) is 0 Å². The Morgan fingerprint density at radius 2 is 2.17 bits per heavy atom. The highest BCUT2D eigenvalue weighted by atomic mass is 16.2. The number of amides is 1. The van der Waals surface area contributed by atoms with E-state index in [0.717, 1.165) is 32.4 Å². The van der Waals surface area contributed by atoms with Gasteiger partial charge in [-0.1, -0.05) is 19.1 Å². The SMILES string of the molecule is CC(CCN)c1cc2c3c(c1)CC(=O)N3CCC2. The van der Waals surface area contributed by atoms with Crippen LogP contribution >= 0.6 is 0 Å². The van der Waals surface area contributed by atoms with Crippen LogP contribution in [-0.2, 0) is 17.6 Å². The van der Waals surface area contributed by atoms with Crippen LogP contribution in [-0.4, -0.2) is 19.0 Å². The van der Waals surface area contributed by atoms with E-state index >= 15 is 0 Å². The van der Waals surface area contributed by atoms with Crippen LogP contribution in [0.5, 0.6) is 0 Å². The minimum Gasteiger partial charge on any atom is -0.330 e. The smallest absolute Gasteiger partial charge is 0.231 e. The molecule has 1 aromatic rings. The van der Waals surface area contributed by atoms with E-state index in [1.165, 1.54) is 22.4 Å². The second-order valence-electron chi connectivity index (χ2n) is 5.49. The van der Waals surface area contributed by atoms with Crippen LogP contribution in [0.1, 0.15) is 42.4 Å². The fourth-order valence-electron chi connectivity index (χ4n) is 3.21. The molecule has 3 rings (SSSR count). The minimum absolute atomic E-state index is 0.273. The molecule has 0 fully saturated rings. The molecule has 1 atom stereocenters. The predicted octanol–water partition coefficient (Wildman–Crippen LogP) is 1.97. The van der Waals surface area contributed by atoms with Gasteiger partial charge in [0.1, 0.15) is 0 Å². The molecule has 0 spiro atoms. The number of benzene rings is 1. The van der Waals surface area contributed by atoms with Crippen LogP contribution in [0, 0.1) is 0 Å². The first kappa shape index (κ1) is 11.7. The first-order chi connectivity index (χ1) is 8.70. The lowest BCUT2D eigenvalue weighted by atomic mass is 9.90. The highest BCUT2D eigenvalue weighted by molar-refractivity contribution is 6.02. The molecular formula is C15H20N2O. The quantitative estimate of drug-likeness (QED) is 0.883. The molecule has 2 N–H and O–H groups in total. The molecule has 1 amide bonds. The molecule has 18 heavy (non-hydrogen) atoms. The lowest BCUT2D eigenvalue weighted by Gasteiger charge is -2.26. The van der Waals surface area contributed by atoms with Crippen LogP contribution in [0.15, 0.2) is 12.1 Å². The predicted molar refractivity (Wildman–Crippen MR) is 72.9 cm³/mol. The van der Waals surface area contributed by atoms with Gasteiger partial charge in [-0.3, -0.25) is 4.79 Å². The van der Waals surface area contributed by atoms with Gasteiger partial charge in [0.15, 0.2) is 0 Å². The van der Waals surface area contributed by atoms with Crippen molar-refractivity contribution in [3.05, 3.63) is 28.8 Å². The molecule has 3 heteroatoms. The number of rotatable bonds is 3. The Hall–Kier alpha value is -1.35. The Morgan fingerprint density at radius 3 is 2.94 bits per heavy atom. The summed E-state index contributed by atoms with van der Waals surface area (Å²) in [7, 11) is 0. The number of carbonyl (C=O) groups excluding carboxylic acids is 1. The highest BCUT2D eigenvalue weighted by Crippen LogP contribution is 2.39. The second kappa shape index (κ2) is 4.39. The van der Waals surface area contributed by atoms with Gasteiger partial charge >= 0.3 is 0 Å². The summed E-state index contributed by atoms with van der Waals surface area (Å²) in [6, 6.07) is 4.52. The number of hydrogen-bond acceptors (Lipinski definition) is 2. The largest absolute Gasteiger partial charge is 0.330 e. The van der Waals surface area contributed by atoms with Crippen molar-refractivity contribution in [3.63, 3.8) is 0 Å². The molecule has 0 saturated carbocycles. The van der Waals surface area contributed by atoms with Crippen molar-refractivity contribution < 1.29 is 4.79 Å². The fraction of sp³-hybridized carbons (Fsp3) is 0.533. The molecule has 96 valence electrons. The maximum Gasteiger partial charge on any atom is 0.231 e. The Bertz CT molecular complexity index is 496. The summed E-state index contributed by atoms with van der Waals surface area (Å²) in [5, 5.41) is 0. The zero-order valence-corrected chi connectivity index (χ0v) is 10.9. The number of carbonyl (C=O) groups is 1. The maximum atomic E-state index is 12.0. The van der Waals surface area contributed by atoms with E-state index in [1.54, 1.807) is 0 Å². The molecule has 2 aliphatic rings. The van der Waals surface area contributed by atoms with Crippen molar-refractivity contribution in [1.29, 1.82) is 0 Å². The Labute approximate surface area is 108 Å². The van der Waals surface area contributed by atoms with Crippen LogP contribution in [0.2, 0.25) is 0 Å². The summed E-state index contributed by atoms with van der Waals surface area (Å²) in [6.07, 6.45) is 3.80. The third-order valence-corrected chi connectivity index (χ3v) is 4.20. The van der Waals surface area contributed by atoms with E-state index in [2.05, 4.69) is 19.1 Å². The molecule has 0 saturated heterocycles. The molecule has 0 bridgehead atoms. The molecule has 1 unspecified atom stereocenters. The number of anilines is 1. The van der Waals surface area contributed by atoms with Gasteiger partial charge in [-0.2, -0.15) is 0 Å². The fourth-order valence-corrected chi connectivity index (χ4v) is 3.21. The zero-order chi connectivity index (χ0) is 12.7. The van der Waals surface area contributed by atoms with E-state index in [-0.39, 0.29) is 5.91 Å². The van der Waals surface area contributed by atoms with Gasteiger partial charge in [0.05, 0.1) is 12.1 Å². The number of aryl methyl sites for hydroxylation is 1. The molecule has 0 aliphatic carbocycles. The van der Waals surface area contributed by atoms with Crippen molar-refractivity contribution in [2.45, 2.75) is 38.5 Å². The molecule has 0 aromatic heterocycles. The van der Waals surface area contributed by atoms with Crippen LogP contribution in [0.25, 0.3) is 0 Å². The van der Waals surface area contributed by atoms with Crippen molar-refractivity contribution in [2.24, 2.45) is 5.73 Å². The van der Waals surface area contributed by atoms with E-state index < -0.39 is 0 Å². The summed E-state index contributed by atoms with van der Waals surface area (Å²) in [5.74, 6) is 0.761. The number of nitrogens with zero attached hydrogens (tertiary/aromatic N) is 1. The normalized spacial score (nSPS) is 19.0. The Morgan fingerprint density at radius 1 is 1.39 bits per heavy atom. The molecular weight excluding hydrogens is 224 g/mol. The van der Waals surface area contributed by atoms with Gasteiger partial charge in [-0.05, 0) is 48.4 Å². The topological polar surface area (TPSA) is 46.3 Å². The van der Waals surface area contributed by atoms with Crippen molar-refractivity contribution in [3.8, 4) is 0 Å². The van der Waals surface area contributed by atoms with Crippen LogP contribution in [0.4, 0.5) is 5.69 Å². The molecule has 2 heterocycles. The number of nitrogens with two attached hydrogens (primary N) is 1. The highest BCUT2D eigenvalue weighted by Gasteiger charge is 2.32. The summed E-state index contributed by atoms with van der Waals surface area (Å²) in [5.41, 5.74) is 10.8. The Balaban J connectivity index is 2.03. The van der Waals surface area contributed by atoms with Crippen molar-refractivity contribution in [2.75, 3.05) is 18.0 Å². The summed E-state index contributed by atoms with van der Waals surface area (Å²) in [4.78, 5) is 13.9. The van der Waals surface area contributed by atoms with E-state index in [1.807, 2.05) is 4.90 Å². The summed E-state index contributed by atoms with van der Waals surface area (Å²) >= 11 is 0. The van der Waals surface area contributed by atoms with Crippen molar-refractivity contribution >= 4 is 11.6 Å². The van der Waals surface area contributed by atoms with E-state index in [0.29, 0.717) is 12.3 Å². The molecule has 2 aliphatic heterocycles. The minimum atomic E-state index is 0.273. The standard InChI is InChI=1S/C15H20N2O/c1-10(4-5-16)12-7-11-3-2-6-17-14(18)9-13(8-12)15(11)17/h7-8,10H,2-6,9,16H2,1H3. The zero-order valence-electron chi connectivity index (χ0n) is 10.9. The third kappa shape index (κ3) is 1.74. The molecule has 0 radical (unpaired) electrons. The van der Waals surface area contributed by atoms with E-state index in [9.17, 15) is 4.79 Å². The lowest BCUT2D eigenvalue weighted by molar-refractivity contribution is -0.117. The van der Waals surface area contributed by atoms with Gasteiger partial charge in [0.2, 0.25) is 5.91 Å². The first-order valence-corrected chi connectivity index (χ1v) is 6.87. The van der Waals surface area contributed by atoms with Crippen molar-refractivity contribution in [1.82, 2.24) is 0 Å². The maximum absolute atomic E-state index is 12.0. The summed E-state index contributed by atoms with van der Waals surface area (Å²) < 4.78 is 0. The average molecular weight is 244 g/mol. The van der Waals surface area contributed by atoms with Gasteiger partial charge in [-0.15, -0.1) is 0 Å². The van der Waals surface area contributed by atoms with Crippen LogP contribution < -0.4 is 10.6 Å². The first-order valence-electron chi connectivity index (χ1n) is 6.87. The van der Waals surface area contributed by atoms with Crippen LogP contribution in [0.3, 0.4) is 0 Å². The molecule has 3 nitrogen and oxygen atoms in total.